The lowest BCUT2D eigenvalue weighted by Crippen LogP contribution is -2.44. The van der Waals surface area contributed by atoms with Crippen LogP contribution in [0.25, 0.3) is 11.2 Å². The molecule has 1 saturated heterocycles. The summed E-state index contributed by atoms with van der Waals surface area (Å²) < 4.78 is 3.21. The van der Waals surface area contributed by atoms with Gasteiger partial charge in [-0.15, -0.1) is 24.2 Å². The van der Waals surface area contributed by atoms with Crippen molar-refractivity contribution in [1.82, 2.24) is 24.4 Å². The Kier molecular flexibility index (Phi) is 8.60. The number of carbonyl (C=O) groups is 1. The number of aliphatic carboxylic acids is 1. The van der Waals surface area contributed by atoms with Gasteiger partial charge in [-0.25, -0.2) is 4.98 Å². The molecule has 9 nitrogen and oxygen atoms in total. The molecule has 0 aromatic carbocycles. The molecule has 2 aromatic rings. The second kappa shape index (κ2) is 10.9. The maximum Gasteiger partial charge on any atom is 0.313 e. The third-order valence-electron chi connectivity index (χ3n) is 4.36. The molecule has 0 unspecified atom stereocenters. The topological polar surface area (TPSA) is 105 Å². The molecule has 0 saturated carbocycles. The van der Waals surface area contributed by atoms with E-state index in [2.05, 4.69) is 43.9 Å². The third kappa shape index (κ3) is 5.08. The van der Waals surface area contributed by atoms with Crippen molar-refractivity contribution in [3.8, 4) is 23.7 Å². The van der Waals surface area contributed by atoms with Crippen LogP contribution in [-0.2, 0) is 17.9 Å². The summed E-state index contributed by atoms with van der Waals surface area (Å²) in [7, 11) is 0. The van der Waals surface area contributed by atoms with Gasteiger partial charge >= 0.3 is 5.97 Å². The average Bonchev–Trinajstić information content (AvgIpc) is 3.09. The summed E-state index contributed by atoms with van der Waals surface area (Å²) >= 11 is 0.987. The molecular weight excluding hydrogens is 428 g/mol. The molecule has 2 aromatic heterocycles. The first-order chi connectivity index (χ1) is 14.1. The van der Waals surface area contributed by atoms with Crippen LogP contribution in [0, 0.1) is 23.7 Å². The zero-order valence-corrected chi connectivity index (χ0v) is 18.4. The highest BCUT2D eigenvalue weighted by atomic mass is 35.5. The number of rotatable bonds is 6. The fraction of sp³-hybridized carbons (Fsp3) is 0.474. The van der Waals surface area contributed by atoms with Gasteiger partial charge in [-0.3, -0.25) is 18.7 Å². The van der Waals surface area contributed by atoms with Crippen LogP contribution >= 0.6 is 24.2 Å². The van der Waals surface area contributed by atoms with E-state index in [-0.39, 0.29) is 30.3 Å². The van der Waals surface area contributed by atoms with E-state index in [1.807, 2.05) is 0 Å². The molecule has 0 spiro atoms. The molecule has 0 radical (unpaired) electrons. The minimum absolute atomic E-state index is 0. The van der Waals surface area contributed by atoms with Crippen molar-refractivity contribution in [3.63, 3.8) is 0 Å². The van der Waals surface area contributed by atoms with Gasteiger partial charge in [-0.05, 0) is 13.8 Å². The summed E-state index contributed by atoms with van der Waals surface area (Å²) in [5.41, 5.74) is 0.367. The largest absolute Gasteiger partial charge is 0.481 e. The van der Waals surface area contributed by atoms with Gasteiger partial charge in [0.15, 0.2) is 16.3 Å². The highest BCUT2D eigenvalue weighted by Gasteiger charge is 2.23. The van der Waals surface area contributed by atoms with Gasteiger partial charge in [0.05, 0.1) is 18.8 Å². The molecule has 0 amide bonds. The number of nitrogens with zero attached hydrogens (tertiary/aromatic N) is 5. The minimum atomic E-state index is -0.984. The van der Waals surface area contributed by atoms with Gasteiger partial charge in [-0.1, -0.05) is 23.6 Å². The number of fused-ring (bicyclic) bond motifs is 1. The second-order valence-corrected chi connectivity index (χ2v) is 7.17. The normalized spacial score (nSPS) is 13.1. The number of imidazole rings is 1. The summed E-state index contributed by atoms with van der Waals surface area (Å²) in [6.07, 6.45) is 0. The Hall–Kier alpha value is -2.66. The zero-order chi connectivity index (χ0) is 20.8. The summed E-state index contributed by atoms with van der Waals surface area (Å²) in [5, 5.41) is 12.6. The van der Waals surface area contributed by atoms with Crippen LogP contribution in [0.2, 0.25) is 0 Å². The fourth-order valence-electron chi connectivity index (χ4n) is 3.03. The van der Waals surface area contributed by atoms with Crippen LogP contribution in [0.1, 0.15) is 13.8 Å². The summed E-state index contributed by atoms with van der Waals surface area (Å²) in [5.74, 6) is 11.0. The van der Waals surface area contributed by atoms with Gasteiger partial charge in [0.2, 0.25) is 5.95 Å². The van der Waals surface area contributed by atoms with E-state index >= 15 is 0 Å². The Labute approximate surface area is 184 Å². The van der Waals surface area contributed by atoms with Gasteiger partial charge < -0.3 is 15.3 Å². The zero-order valence-electron chi connectivity index (χ0n) is 16.8. The van der Waals surface area contributed by atoms with Gasteiger partial charge in [0.1, 0.15) is 0 Å². The maximum absolute atomic E-state index is 13.3. The average molecular weight is 451 g/mol. The molecule has 3 heterocycles. The molecule has 1 aliphatic heterocycles. The molecule has 1 aliphatic rings. The number of nitrogens with one attached hydrogen (secondary N) is 1. The minimum Gasteiger partial charge on any atom is -0.481 e. The quantitative estimate of drug-likeness (QED) is 0.375. The second-order valence-electron chi connectivity index (χ2n) is 6.23. The summed E-state index contributed by atoms with van der Waals surface area (Å²) in [6, 6.07) is 0. The number of piperazine rings is 1. The first-order valence-corrected chi connectivity index (χ1v) is 10.2. The lowest BCUT2D eigenvalue weighted by atomic mass is 10.4. The van der Waals surface area contributed by atoms with Crippen LogP contribution in [0.4, 0.5) is 5.95 Å². The summed E-state index contributed by atoms with van der Waals surface area (Å²) in [4.78, 5) is 35.6. The van der Waals surface area contributed by atoms with Crippen LogP contribution in [0.5, 0.6) is 0 Å². The Bertz CT molecular complexity index is 1100. The first-order valence-electron chi connectivity index (χ1n) is 9.17. The van der Waals surface area contributed by atoms with Crippen molar-refractivity contribution in [2.24, 2.45) is 0 Å². The Morgan fingerprint density at radius 3 is 2.37 bits per heavy atom. The van der Waals surface area contributed by atoms with Gasteiger partial charge in [0, 0.05) is 26.2 Å². The van der Waals surface area contributed by atoms with E-state index < -0.39 is 5.97 Å². The molecular formula is C19H23ClN6O3S. The fourth-order valence-corrected chi connectivity index (χ4v) is 3.74. The van der Waals surface area contributed by atoms with Crippen LogP contribution in [0.15, 0.2) is 9.95 Å². The van der Waals surface area contributed by atoms with Gasteiger partial charge in [0.25, 0.3) is 5.56 Å². The van der Waals surface area contributed by atoms with E-state index in [4.69, 9.17) is 5.11 Å². The predicted octanol–water partition coefficient (Wildman–Crippen LogP) is 0.648. The van der Waals surface area contributed by atoms with Crippen LogP contribution < -0.4 is 15.8 Å². The maximum atomic E-state index is 13.3. The molecule has 0 aliphatic carbocycles. The SMILES string of the molecule is CC#CCn1c(SCC(=O)O)nc2nc(N3CCNCC3)n(CC#CC)c2c1=O.Cl. The van der Waals surface area contributed by atoms with E-state index in [0.717, 1.165) is 37.9 Å². The first kappa shape index (κ1) is 23.6. The molecule has 160 valence electrons. The summed E-state index contributed by atoms with van der Waals surface area (Å²) in [6.45, 7) is 7.07. The van der Waals surface area contributed by atoms with Crippen molar-refractivity contribution < 1.29 is 9.90 Å². The lowest BCUT2D eigenvalue weighted by Gasteiger charge is -2.28. The van der Waals surface area contributed by atoms with E-state index in [0.29, 0.717) is 28.8 Å². The smallest absolute Gasteiger partial charge is 0.313 e. The number of halogens is 1. The molecule has 2 N–H and O–H groups in total. The van der Waals surface area contributed by atoms with Crippen molar-refractivity contribution in [3.05, 3.63) is 10.4 Å². The standard InChI is InChI=1S/C19H22N6O3S.ClH/c1-3-5-9-24-15-16(21-18(24)23-11-7-20-8-12-23)22-19(29-13-14(26)27)25(17(15)28)10-6-4-2;/h20H,7-13H2,1-2H3,(H,26,27);1H. The number of carboxylic acids is 1. The Morgan fingerprint density at radius 2 is 1.77 bits per heavy atom. The molecule has 1 fully saturated rings. The van der Waals surface area contributed by atoms with E-state index in [1.54, 1.807) is 18.4 Å². The molecule has 11 heteroatoms. The number of aromatic nitrogens is 4. The molecule has 30 heavy (non-hydrogen) atoms. The number of hydrogen-bond acceptors (Lipinski definition) is 7. The van der Waals surface area contributed by atoms with E-state index in [1.165, 1.54) is 4.57 Å². The van der Waals surface area contributed by atoms with Crippen LogP contribution in [-0.4, -0.2) is 62.1 Å². The lowest BCUT2D eigenvalue weighted by molar-refractivity contribution is -0.133. The Balaban J connectivity index is 0.00000320. The molecule has 0 atom stereocenters. The number of anilines is 1. The van der Waals surface area contributed by atoms with Crippen LogP contribution in [0.3, 0.4) is 0 Å². The monoisotopic (exact) mass is 450 g/mol. The Morgan fingerprint density at radius 1 is 1.13 bits per heavy atom. The van der Waals surface area contributed by atoms with E-state index in [9.17, 15) is 9.59 Å². The highest BCUT2D eigenvalue weighted by molar-refractivity contribution is 7.99. The van der Waals surface area contributed by atoms with Crippen molar-refractivity contribution >= 4 is 47.3 Å². The predicted molar refractivity (Wildman–Crippen MR) is 119 cm³/mol. The third-order valence-corrected chi connectivity index (χ3v) is 5.32. The number of thioether (sulfide) groups is 1. The van der Waals surface area contributed by atoms with Crippen molar-refractivity contribution in [2.45, 2.75) is 32.1 Å². The number of hydrogen-bond donors (Lipinski definition) is 2. The highest BCUT2D eigenvalue weighted by Crippen LogP contribution is 2.23. The molecule has 0 bridgehead atoms. The number of carboxylic acid groups (broad SMARTS) is 1. The van der Waals surface area contributed by atoms with Gasteiger partial charge in [-0.2, -0.15) is 4.98 Å². The van der Waals surface area contributed by atoms with Crippen molar-refractivity contribution in [1.29, 1.82) is 0 Å². The molecule has 3 rings (SSSR count). The van der Waals surface area contributed by atoms with Crippen molar-refractivity contribution in [2.75, 3.05) is 36.8 Å².